The molecule has 154 valence electrons. The molecular formula is C23H19N5O3. The predicted molar refractivity (Wildman–Crippen MR) is 114 cm³/mol. The smallest absolute Gasteiger partial charge is 0.280 e. The molecule has 0 N–H and O–H groups in total. The predicted octanol–water partition coefficient (Wildman–Crippen LogP) is 4.27. The first-order valence-electron chi connectivity index (χ1n) is 9.97. The van der Waals surface area contributed by atoms with E-state index in [9.17, 15) is 10.1 Å². The Hall–Kier alpha value is -3.91. The summed E-state index contributed by atoms with van der Waals surface area (Å²) in [5.41, 5.74) is 3.59. The van der Waals surface area contributed by atoms with Crippen LogP contribution in [0.5, 0.6) is 0 Å². The second-order valence-corrected chi connectivity index (χ2v) is 7.41. The monoisotopic (exact) mass is 413 g/mol. The van der Waals surface area contributed by atoms with E-state index in [2.05, 4.69) is 14.9 Å². The van der Waals surface area contributed by atoms with Crippen LogP contribution in [0.1, 0.15) is 17.0 Å². The molecule has 0 saturated carbocycles. The van der Waals surface area contributed by atoms with Crippen LogP contribution in [0, 0.1) is 10.1 Å². The van der Waals surface area contributed by atoms with Crippen molar-refractivity contribution in [2.24, 2.45) is 0 Å². The van der Waals surface area contributed by atoms with Gasteiger partial charge in [-0.2, -0.15) is 0 Å². The zero-order valence-corrected chi connectivity index (χ0v) is 16.6. The molecule has 31 heavy (non-hydrogen) atoms. The average Bonchev–Trinajstić information content (AvgIpc) is 3.27. The van der Waals surface area contributed by atoms with Gasteiger partial charge in [0.05, 0.1) is 22.7 Å². The molecule has 8 heteroatoms. The summed E-state index contributed by atoms with van der Waals surface area (Å²) in [6.07, 6.45) is 6.21. The Morgan fingerprint density at radius 1 is 1.10 bits per heavy atom. The van der Waals surface area contributed by atoms with Crippen molar-refractivity contribution in [3.05, 3.63) is 94.3 Å². The molecule has 0 saturated heterocycles. The number of para-hydroxylation sites is 1. The van der Waals surface area contributed by atoms with Gasteiger partial charge in [-0.15, -0.1) is 0 Å². The summed E-state index contributed by atoms with van der Waals surface area (Å²) in [5.74, 6) is 1.97. The first-order chi connectivity index (χ1) is 15.2. The van der Waals surface area contributed by atoms with Crippen LogP contribution in [-0.2, 0) is 19.5 Å². The van der Waals surface area contributed by atoms with Crippen molar-refractivity contribution in [3.63, 3.8) is 0 Å². The van der Waals surface area contributed by atoms with Gasteiger partial charge in [0, 0.05) is 55.3 Å². The van der Waals surface area contributed by atoms with Crippen molar-refractivity contribution in [3.8, 4) is 22.7 Å². The van der Waals surface area contributed by atoms with E-state index in [1.807, 2.05) is 24.4 Å². The van der Waals surface area contributed by atoms with Crippen molar-refractivity contribution in [2.75, 3.05) is 6.54 Å². The Balaban J connectivity index is 1.31. The number of nitro groups is 1. The van der Waals surface area contributed by atoms with E-state index in [4.69, 9.17) is 9.40 Å². The third kappa shape index (κ3) is 3.93. The average molecular weight is 413 g/mol. The minimum Gasteiger partial charge on any atom is -0.459 e. The van der Waals surface area contributed by atoms with E-state index in [0.717, 1.165) is 42.1 Å². The lowest BCUT2D eigenvalue weighted by Crippen LogP contribution is -2.30. The molecule has 1 aliphatic heterocycles. The Bertz CT molecular complexity index is 1240. The van der Waals surface area contributed by atoms with Crippen LogP contribution in [0.4, 0.5) is 5.69 Å². The molecule has 0 amide bonds. The molecule has 1 aliphatic rings. The van der Waals surface area contributed by atoms with Crippen LogP contribution < -0.4 is 0 Å². The summed E-state index contributed by atoms with van der Waals surface area (Å²) in [7, 11) is 0. The van der Waals surface area contributed by atoms with E-state index in [0.29, 0.717) is 23.7 Å². The molecule has 1 aromatic carbocycles. The standard InChI is InChI=1S/C23H19N5O3/c29-28(30)21-6-2-1-5-19(21)22-8-7-18(31-22)15-27-11-9-20-17(14-27)13-25-23(26-20)16-4-3-10-24-12-16/h1-8,10,12-13H,9,11,14-15H2. The van der Waals surface area contributed by atoms with Crippen molar-refractivity contribution >= 4 is 5.69 Å². The number of nitrogens with zero attached hydrogens (tertiary/aromatic N) is 5. The molecule has 0 unspecified atom stereocenters. The van der Waals surface area contributed by atoms with Crippen LogP contribution in [0.3, 0.4) is 0 Å². The molecular weight excluding hydrogens is 394 g/mol. The van der Waals surface area contributed by atoms with Crippen molar-refractivity contribution in [1.29, 1.82) is 0 Å². The van der Waals surface area contributed by atoms with Gasteiger partial charge in [0.15, 0.2) is 5.82 Å². The second-order valence-electron chi connectivity index (χ2n) is 7.41. The lowest BCUT2D eigenvalue weighted by molar-refractivity contribution is -0.384. The largest absolute Gasteiger partial charge is 0.459 e. The first kappa shape index (κ1) is 19.1. The molecule has 4 aromatic rings. The number of pyridine rings is 1. The van der Waals surface area contributed by atoms with Gasteiger partial charge < -0.3 is 4.42 Å². The SMILES string of the molecule is O=[N+]([O-])c1ccccc1-c1ccc(CN2CCc3nc(-c4cccnc4)ncc3C2)o1. The number of fused-ring (bicyclic) bond motifs is 1. The minimum absolute atomic E-state index is 0.0388. The van der Waals surface area contributed by atoms with Gasteiger partial charge in [-0.1, -0.05) is 12.1 Å². The van der Waals surface area contributed by atoms with Gasteiger partial charge >= 0.3 is 0 Å². The topological polar surface area (TPSA) is 98.2 Å². The summed E-state index contributed by atoms with van der Waals surface area (Å²) >= 11 is 0. The lowest BCUT2D eigenvalue weighted by Gasteiger charge is -2.27. The number of furan rings is 1. The molecule has 3 aromatic heterocycles. The maximum atomic E-state index is 11.3. The highest BCUT2D eigenvalue weighted by atomic mass is 16.6. The summed E-state index contributed by atoms with van der Waals surface area (Å²) in [6, 6.07) is 14.1. The maximum Gasteiger partial charge on any atom is 0.280 e. The van der Waals surface area contributed by atoms with Gasteiger partial charge in [-0.25, -0.2) is 9.97 Å². The lowest BCUT2D eigenvalue weighted by atomic mass is 10.1. The quantitative estimate of drug-likeness (QED) is 0.356. The van der Waals surface area contributed by atoms with Crippen LogP contribution >= 0.6 is 0 Å². The van der Waals surface area contributed by atoms with Crippen LogP contribution in [0.2, 0.25) is 0 Å². The molecule has 4 heterocycles. The summed E-state index contributed by atoms with van der Waals surface area (Å²) < 4.78 is 5.94. The molecule has 5 rings (SSSR count). The zero-order valence-electron chi connectivity index (χ0n) is 16.6. The second kappa shape index (κ2) is 8.08. The minimum atomic E-state index is -0.390. The summed E-state index contributed by atoms with van der Waals surface area (Å²) in [6.45, 7) is 2.19. The number of hydrogen-bond acceptors (Lipinski definition) is 7. The normalized spacial score (nSPS) is 13.7. The molecule has 0 fully saturated rings. The Morgan fingerprint density at radius 3 is 2.84 bits per heavy atom. The van der Waals surface area contributed by atoms with E-state index in [1.54, 1.807) is 36.7 Å². The number of hydrogen-bond donors (Lipinski definition) is 0. The van der Waals surface area contributed by atoms with Gasteiger partial charge in [-0.05, 0) is 30.3 Å². The number of rotatable bonds is 5. The molecule has 0 aliphatic carbocycles. The van der Waals surface area contributed by atoms with Crippen LogP contribution in [0.25, 0.3) is 22.7 Å². The highest BCUT2D eigenvalue weighted by Gasteiger charge is 2.21. The maximum absolute atomic E-state index is 11.3. The van der Waals surface area contributed by atoms with E-state index in [1.165, 1.54) is 6.07 Å². The third-order valence-electron chi connectivity index (χ3n) is 5.34. The highest BCUT2D eigenvalue weighted by Crippen LogP contribution is 2.31. The van der Waals surface area contributed by atoms with Gasteiger partial charge in [-0.3, -0.25) is 20.0 Å². The fraction of sp³-hybridized carbons (Fsp3) is 0.174. The fourth-order valence-corrected chi connectivity index (χ4v) is 3.81. The van der Waals surface area contributed by atoms with E-state index >= 15 is 0 Å². The Kier molecular flexibility index (Phi) is 4.97. The van der Waals surface area contributed by atoms with Gasteiger partial charge in [0.2, 0.25) is 0 Å². The molecule has 0 bridgehead atoms. The van der Waals surface area contributed by atoms with Crippen LogP contribution in [0.15, 0.2) is 71.5 Å². The molecule has 0 spiro atoms. The number of aromatic nitrogens is 3. The Morgan fingerprint density at radius 2 is 2.00 bits per heavy atom. The van der Waals surface area contributed by atoms with Gasteiger partial charge in [0.25, 0.3) is 5.69 Å². The van der Waals surface area contributed by atoms with Crippen molar-refractivity contribution < 1.29 is 9.34 Å². The molecule has 0 radical (unpaired) electrons. The van der Waals surface area contributed by atoms with Gasteiger partial charge in [0.1, 0.15) is 11.5 Å². The highest BCUT2D eigenvalue weighted by molar-refractivity contribution is 5.69. The summed E-state index contributed by atoms with van der Waals surface area (Å²) in [4.78, 5) is 26.5. The van der Waals surface area contributed by atoms with Crippen molar-refractivity contribution in [1.82, 2.24) is 19.9 Å². The molecule has 8 nitrogen and oxygen atoms in total. The number of benzene rings is 1. The first-order valence-corrected chi connectivity index (χ1v) is 9.97. The Labute approximate surface area is 178 Å². The number of nitro benzene ring substituents is 1. The van der Waals surface area contributed by atoms with Crippen LogP contribution in [-0.4, -0.2) is 31.3 Å². The molecule has 0 atom stereocenters. The van der Waals surface area contributed by atoms with Crippen molar-refractivity contribution in [2.45, 2.75) is 19.5 Å². The van der Waals surface area contributed by atoms with E-state index < -0.39 is 4.92 Å². The summed E-state index contributed by atoms with van der Waals surface area (Å²) in [5, 5.41) is 11.3. The van der Waals surface area contributed by atoms with E-state index in [-0.39, 0.29) is 5.69 Å². The third-order valence-corrected chi connectivity index (χ3v) is 5.34. The fourth-order valence-electron chi connectivity index (χ4n) is 3.81. The zero-order chi connectivity index (χ0) is 21.2.